The minimum Gasteiger partial charge on any atom is -0.205 e. The second-order valence-electron chi connectivity index (χ2n) is 1.61. The highest BCUT2D eigenvalue weighted by Gasteiger charge is 1.74. The van der Waals surface area contributed by atoms with Gasteiger partial charge in [0.2, 0.25) is 0 Å². The molecule has 0 aliphatic heterocycles. The van der Waals surface area contributed by atoms with Crippen LogP contribution in [0.3, 0.4) is 0 Å². The van der Waals surface area contributed by atoms with Crippen LogP contribution in [0.25, 0.3) is 0 Å². The number of hydrogen-bond donors (Lipinski definition) is 1. The molecular formula is C8H10N2. The lowest BCUT2D eigenvalue weighted by Crippen LogP contribution is -1.62. The molecule has 0 saturated heterocycles. The van der Waals surface area contributed by atoms with E-state index in [0.29, 0.717) is 0 Å². The summed E-state index contributed by atoms with van der Waals surface area (Å²) in [6.45, 7) is 7.17. The Bertz CT molecular complexity index is 167. The van der Waals surface area contributed by atoms with E-state index in [0.717, 1.165) is 5.57 Å². The zero-order valence-corrected chi connectivity index (χ0v) is 5.75. The van der Waals surface area contributed by atoms with Crippen LogP contribution in [0, 0.1) is 5.53 Å². The van der Waals surface area contributed by atoms with Crippen molar-refractivity contribution in [2.45, 2.75) is 0 Å². The van der Waals surface area contributed by atoms with Gasteiger partial charge in [-0.25, -0.2) is 5.53 Å². The molecule has 10 heavy (non-hydrogen) atoms. The molecule has 0 aliphatic rings. The molecule has 0 heterocycles. The molecule has 2 heteroatoms. The minimum atomic E-state index is 0.802. The molecule has 0 spiro atoms. The highest BCUT2D eigenvalue weighted by molar-refractivity contribution is 5.28. The summed E-state index contributed by atoms with van der Waals surface area (Å²) >= 11 is 0. The summed E-state index contributed by atoms with van der Waals surface area (Å²) in [4.78, 5) is 0. The van der Waals surface area contributed by atoms with Crippen LogP contribution in [0.4, 0.5) is 0 Å². The quantitative estimate of drug-likeness (QED) is 0.453. The summed E-state index contributed by atoms with van der Waals surface area (Å²) in [7, 11) is 0. The van der Waals surface area contributed by atoms with E-state index in [-0.39, 0.29) is 0 Å². The third-order valence-corrected chi connectivity index (χ3v) is 0.810. The van der Waals surface area contributed by atoms with Crippen molar-refractivity contribution in [1.29, 1.82) is 5.53 Å². The van der Waals surface area contributed by atoms with Gasteiger partial charge in [-0.05, 0) is 11.6 Å². The van der Waals surface area contributed by atoms with Crippen molar-refractivity contribution in [1.82, 2.24) is 0 Å². The van der Waals surface area contributed by atoms with Crippen molar-refractivity contribution in [3.8, 4) is 0 Å². The van der Waals surface area contributed by atoms with E-state index in [1.165, 1.54) is 6.20 Å². The molecule has 0 amide bonds. The van der Waals surface area contributed by atoms with Crippen LogP contribution in [-0.4, -0.2) is 0 Å². The van der Waals surface area contributed by atoms with Crippen molar-refractivity contribution >= 4 is 0 Å². The van der Waals surface area contributed by atoms with Gasteiger partial charge in [-0.15, -0.1) is 0 Å². The molecule has 0 atom stereocenters. The monoisotopic (exact) mass is 134 g/mol. The van der Waals surface area contributed by atoms with Crippen LogP contribution >= 0.6 is 0 Å². The van der Waals surface area contributed by atoms with Gasteiger partial charge in [0, 0.05) is 6.20 Å². The molecule has 0 aliphatic carbocycles. The largest absolute Gasteiger partial charge is 0.205 e. The van der Waals surface area contributed by atoms with Crippen molar-refractivity contribution < 1.29 is 0 Å². The predicted molar refractivity (Wildman–Crippen MR) is 42.8 cm³/mol. The topological polar surface area (TPSA) is 36.2 Å². The van der Waals surface area contributed by atoms with Crippen LogP contribution in [0.15, 0.2) is 54.3 Å². The summed E-state index contributed by atoms with van der Waals surface area (Å²) in [6, 6.07) is 0. The van der Waals surface area contributed by atoms with Crippen LogP contribution in [-0.2, 0) is 0 Å². The molecule has 0 unspecified atom stereocenters. The maximum absolute atomic E-state index is 6.43. The number of rotatable bonds is 4. The molecule has 0 saturated carbocycles. The first kappa shape index (κ1) is 8.56. The first-order chi connectivity index (χ1) is 4.81. The van der Waals surface area contributed by atoms with Gasteiger partial charge in [-0.3, -0.25) is 0 Å². The molecule has 0 aromatic heterocycles. The van der Waals surface area contributed by atoms with Gasteiger partial charge in [0.1, 0.15) is 0 Å². The Hall–Kier alpha value is -1.44. The van der Waals surface area contributed by atoms with Crippen molar-refractivity contribution in [2.75, 3.05) is 0 Å². The Morgan fingerprint density at radius 3 is 2.60 bits per heavy atom. The van der Waals surface area contributed by atoms with E-state index in [2.05, 4.69) is 18.3 Å². The molecule has 0 fully saturated rings. The Labute approximate surface area is 60.8 Å². The van der Waals surface area contributed by atoms with Gasteiger partial charge in [0.05, 0.1) is 0 Å². The summed E-state index contributed by atoms with van der Waals surface area (Å²) < 4.78 is 0. The fourth-order valence-electron chi connectivity index (χ4n) is 0.380. The molecule has 0 aromatic carbocycles. The average Bonchev–Trinajstić information content (AvgIpc) is 1.97. The third kappa shape index (κ3) is 4.71. The van der Waals surface area contributed by atoms with E-state index in [4.69, 9.17) is 5.53 Å². The molecule has 0 rings (SSSR count). The molecular weight excluding hydrogens is 124 g/mol. The Kier molecular flexibility index (Phi) is 4.87. The Morgan fingerprint density at radius 1 is 1.40 bits per heavy atom. The van der Waals surface area contributed by atoms with Gasteiger partial charge >= 0.3 is 0 Å². The lowest BCUT2D eigenvalue weighted by atomic mass is 10.3. The van der Waals surface area contributed by atoms with Crippen molar-refractivity contribution in [2.24, 2.45) is 5.11 Å². The molecule has 52 valence electrons. The van der Waals surface area contributed by atoms with Crippen LogP contribution in [0.1, 0.15) is 0 Å². The van der Waals surface area contributed by atoms with E-state index in [9.17, 15) is 0 Å². The number of allylic oxidation sites excluding steroid dienone is 5. The first-order valence-electron chi connectivity index (χ1n) is 2.82. The Balaban J connectivity index is 3.85. The zero-order valence-electron chi connectivity index (χ0n) is 5.75. The SMILES string of the molecule is C=C/C=C\C(=C)/C=C\N=N. The van der Waals surface area contributed by atoms with E-state index in [1.807, 2.05) is 0 Å². The zero-order chi connectivity index (χ0) is 7.82. The highest BCUT2D eigenvalue weighted by atomic mass is 14.9. The molecule has 0 bridgehead atoms. The summed E-state index contributed by atoms with van der Waals surface area (Å²) in [5.41, 5.74) is 7.23. The third-order valence-electron chi connectivity index (χ3n) is 0.810. The van der Waals surface area contributed by atoms with E-state index in [1.54, 1.807) is 24.3 Å². The normalized spacial score (nSPS) is 10.4. The van der Waals surface area contributed by atoms with E-state index >= 15 is 0 Å². The fourth-order valence-corrected chi connectivity index (χ4v) is 0.380. The van der Waals surface area contributed by atoms with Crippen LogP contribution in [0.2, 0.25) is 0 Å². The second kappa shape index (κ2) is 5.69. The fraction of sp³-hybridized carbons (Fsp3) is 0. The lowest BCUT2D eigenvalue weighted by Gasteiger charge is -1.82. The average molecular weight is 134 g/mol. The summed E-state index contributed by atoms with van der Waals surface area (Å²) in [5, 5.41) is 3.03. The molecule has 0 radical (unpaired) electrons. The van der Waals surface area contributed by atoms with Crippen molar-refractivity contribution in [3.05, 3.63) is 49.2 Å². The maximum atomic E-state index is 6.43. The summed E-state index contributed by atoms with van der Waals surface area (Å²) in [6.07, 6.45) is 8.24. The summed E-state index contributed by atoms with van der Waals surface area (Å²) in [5.74, 6) is 0. The van der Waals surface area contributed by atoms with Crippen LogP contribution < -0.4 is 0 Å². The second-order valence-corrected chi connectivity index (χ2v) is 1.61. The molecule has 2 nitrogen and oxygen atoms in total. The van der Waals surface area contributed by atoms with E-state index < -0.39 is 0 Å². The van der Waals surface area contributed by atoms with Gasteiger partial charge in [-0.2, -0.15) is 5.11 Å². The number of hydrogen-bond acceptors (Lipinski definition) is 2. The smallest absolute Gasteiger partial charge is 0.0494 e. The van der Waals surface area contributed by atoms with Gasteiger partial charge in [0.15, 0.2) is 0 Å². The van der Waals surface area contributed by atoms with Crippen LogP contribution in [0.5, 0.6) is 0 Å². The minimum absolute atomic E-state index is 0.802. The lowest BCUT2D eigenvalue weighted by molar-refractivity contribution is 1.14. The highest BCUT2D eigenvalue weighted by Crippen LogP contribution is 1.94. The first-order valence-corrected chi connectivity index (χ1v) is 2.82. The number of nitrogens with zero attached hydrogens (tertiary/aromatic N) is 1. The predicted octanol–water partition coefficient (Wildman–Crippen LogP) is 2.83. The number of nitrogens with one attached hydrogen (secondary N) is 1. The molecule has 0 aromatic rings. The maximum Gasteiger partial charge on any atom is 0.0494 e. The molecule has 1 N–H and O–H groups in total. The van der Waals surface area contributed by atoms with Crippen molar-refractivity contribution in [3.63, 3.8) is 0 Å². The van der Waals surface area contributed by atoms with Gasteiger partial charge < -0.3 is 0 Å². The Morgan fingerprint density at radius 2 is 2.10 bits per heavy atom. The standard InChI is InChI=1S/C8H10N2/c1-3-4-5-8(2)6-7-10-9/h3-7,9H,1-2H2/b5-4-,7-6-,10-9?. The van der Waals surface area contributed by atoms with Gasteiger partial charge in [-0.1, -0.05) is 31.4 Å². The van der Waals surface area contributed by atoms with Gasteiger partial charge in [0.25, 0.3) is 0 Å².